The molecule has 0 spiro atoms. The molecule has 0 aliphatic rings. The lowest BCUT2D eigenvalue weighted by molar-refractivity contribution is 0.386. The van der Waals surface area contributed by atoms with E-state index in [1.54, 1.807) is 19.4 Å². The van der Waals surface area contributed by atoms with Gasteiger partial charge >= 0.3 is 0 Å². The molecule has 0 aliphatic carbocycles. The Kier molecular flexibility index (Phi) is 3.70. The minimum absolute atomic E-state index is 0.0464. The summed E-state index contributed by atoms with van der Waals surface area (Å²) in [4.78, 5) is 7.56. The van der Waals surface area contributed by atoms with Crippen molar-refractivity contribution in [1.29, 1.82) is 0 Å². The minimum Gasteiger partial charge on any atom is -0.507 e. The molecule has 5 heteroatoms. The molecule has 0 amide bonds. The second-order valence-electron chi connectivity index (χ2n) is 4.74. The Balaban J connectivity index is 2.07. The second kappa shape index (κ2) is 5.81. The van der Waals surface area contributed by atoms with Crippen LogP contribution in [0.5, 0.6) is 17.2 Å². The average Bonchev–Trinajstić information content (AvgIpc) is 3.04. The molecule has 1 heterocycles. The first-order valence-corrected chi connectivity index (χ1v) is 6.78. The number of rotatable bonds is 4. The van der Waals surface area contributed by atoms with Crippen molar-refractivity contribution in [2.45, 2.75) is 0 Å². The van der Waals surface area contributed by atoms with E-state index in [0.717, 1.165) is 11.3 Å². The van der Waals surface area contributed by atoms with E-state index in [1.165, 1.54) is 13.2 Å². The van der Waals surface area contributed by atoms with Crippen LogP contribution in [0.15, 0.2) is 48.7 Å². The van der Waals surface area contributed by atoms with Crippen molar-refractivity contribution in [2.75, 3.05) is 14.2 Å². The van der Waals surface area contributed by atoms with Gasteiger partial charge in [0.15, 0.2) is 0 Å². The fourth-order valence-corrected chi connectivity index (χ4v) is 2.31. The summed E-state index contributed by atoms with van der Waals surface area (Å²) in [5.41, 5.74) is 2.39. The molecule has 3 aromatic rings. The van der Waals surface area contributed by atoms with Gasteiger partial charge in [0.25, 0.3) is 0 Å². The highest BCUT2D eigenvalue weighted by Crippen LogP contribution is 2.40. The molecule has 0 bridgehead atoms. The Labute approximate surface area is 128 Å². The number of hydrogen-bond acceptors (Lipinski definition) is 4. The Morgan fingerprint density at radius 2 is 1.82 bits per heavy atom. The second-order valence-corrected chi connectivity index (χ2v) is 4.74. The highest BCUT2D eigenvalue weighted by atomic mass is 16.5. The number of aromatic amines is 1. The maximum absolute atomic E-state index is 10.2. The zero-order valence-corrected chi connectivity index (χ0v) is 12.3. The maximum Gasteiger partial charge on any atom is 0.145 e. The van der Waals surface area contributed by atoms with Gasteiger partial charge in [-0.2, -0.15) is 0 Å². The van der Waals surface area contributed by atoms with E-state index in [9.17, 15) is 5.11 Å². The van der Waals surface area contributed by atoms with Crippen LogP contribution in [0.3, 0.4) is 0 Å². The summed E-state index contributed by atoms with van der Waals surface area (Å²) in [6, 6.07) is 13.1. The molecule has 0 fully saturated rings. The smallest absolute Gasteiger partial charge is 0.145 e. The zero-order chi connectivity index (χ0) is 15.5. The number of benzene rings is 2. The first-order chi connectivity index (χ1) is 10.7. The standard InChI is InChI=1S/C17H16N2O3/c1-21-12-8-14(20)16(15(9-12)22-2)17-18-10-13(19-17)11-6-4-3-5-7-11/h3-10,20H,1-2H3,(H,18,19). The molecule has 3 rings (SSSR count). The molecule has 0 saturated heterocycles. The molecule has 0 atom stereocenters. The lowest BCUT2D eigenvalue weighted by atomic mass is 10.1. The summed E-state index contributed by atoms with van der Waals surface area (Å²) in [5.74, 6) is 1.60. The number of phenolic OH excluding ortho intramolecular Hbond substituents is 1. The molecule has 2 N–H and O–H groups in total. The number of hydrogen-bond donors (Lipinski definition) is 2. The molecule has 22 heavy (non-hydrogen) atoms. The molecule has 5 nitrogen and oxygen atoms in total. The Bertz CT molecular complexity index is 782. The van der Waals surface area contributed by atoms with Crippen LogP contribution in [-0.2, 0) is 0 Å². The van der Waals surface area contributed by atoms with Crippen molar-refractivity contribution in [1.82, 2.24) is 9.97 Å². The highest BCUT2D eigenvalue weighted by molar-refractivity contribution is 5.75. The molecular weight excluding hydrogens is 280 g/mol. The van der Waals surface area contributed by atoms with Crippen LogP contribution in [-0.4, -0.2) is 29.3 Å². The van der Waals surface area contributed by atoms with Crippen LogP contribution in [0.4, 0.5) is 0 Å². The van der Waals surface area contributed by atoms with Gasteiger partial charge in [-0.25, -0.2) is 4.98 Å². The van der Waals surface area contributed by atoms with Gasteiger partial charge in [0, 0.05) is 12.1 Å². The van der Waals surface area contributed by atoms with Crippen molar-refractivity contribution in [3.8, 4) is 39.9 Å². The predicted octanol–water partition coefficient (Wildman–Crippen LogP) is 3.47. The number of nitrogens with zero attached hydrogens (tertiary/aromatic N) is 1. The number of H-pyrrole nitrogens is 1. The van der Waals surface area contributed by atoms with Crippen molar-refractivity contribution < 1.29 is 14.6 Å². The number of phenols is 1. The maximum atomic E-state index is 10.2. The summed E-state index contributed by atoms with van der Waals surface area (Å²) < 4.78 is 10.5. The van der Waals surface area contributed by atoms with Crippen LogP contribution >= 0.6 is 0 Å². The third-order valence-electron chi connectivity index (χ3n) is 3.41. The Morgan fingerprint density at radius 1 is 1.05 bits per heavy atom. The minimum atomic E-state index is 0.0464. The summed E-state index contributed by atoms with van der Waals surface area (Å²) in [7, 11) is 3.08. The summed E-state index contributed by atoms with van der Waals surface area (Å²) in [6.45, 7) is 0. The molecule has 112 valence electrons. The van der Waals surface area contributed by atoms with Gasteiger partial charge in [0.1, 0.15) is 28.6 Å². The first-order valence-electron chi connectivity index (χ1n) is 6.78. The third-order valence-corrected chi connectivity index (χ3v) is 3.41. The lowest BCUT2D eigenvalue weighted by Gasteiger charge is -2.10. The van der Waals surface area contributed by atoms with Crippen LogP contribution in [0.25, 0.3) is 22.6 Å². The molecule has 1 aromatic heterocycles. The molecule has 0 aliphatic heterocycles. The van der Waals surface area contributed by atoms with Crippen molar-refractivity contribution in [2.24, 2.45) is 0 Å². The van der Waals surface area contributed by atoms with E-state index in [2.05, 4.69) is 9.97 Å². The SMILES string of the molecule is COc1cc(O)c(-c2ncc(-c3ccccc3)[nH]2)c(OC)c1. The number of ether oxygens (including phenoxy) is 2. The van der Waals surface area contributed by atoms with E-state index in [4.69, 9.17) is 9.47 Å². The summed E-state index contributed by atoms with van der Waals surface area (Å²) >= 11 is 0. The average molecular weight is 296 g/mol. The first kappa shape index (κ1) is 14.0. The van der Waals surface area contributed by atoms with E-state index in [-0.39, 0.29) is 5.75 Å². The Morgan fingerprint density at radius 3 is 2.50 bits per heavy atom. The fraction of sp³-hybridized carbons (Fsp3) is 0.118. The van der Waals surface area contributed by atoms with E-state index >= 15 is 0 Å². The number of imidazole rings is 1. The number of aromatic nitrogens is 2. The monoisotopic (exact) mass is 296 g/mol. The van der Waals surface area contributed by atoms with E-state index < -0.39 is 0 Å². The predicted molar refractivity (Wildman–Crippen MR) is 84.2 cm³/mol. The summed E-state index contributed by atoms with van der Waals surface area (Å²) in [5, 5.41) is 10.2. The van der Waals surface area contributed by atoms with Crippen molar-refractivity contribution in [3.05, 3.63) is 48.7 Å². The number of methoxy groups -OCH3 is 2. The number of nitrogens with one attached hydrogen (secondary N) is 1. The quantitative estimate of drug-likeness (QED) is 0.773. The van der Waals surface area contributed by atoms with Gasteiger partial charge in [0.05, 0.1) is 26.1 Å². The van der Waals surface area contributed by atoms with Gasteiger partial charge < -0.3 is 19.6 Å². The normalized spacial score (nSPS) is 10.5. The van der Waals surface area contributed by atoms with Crippen LogP contribution < -0.4 is 9.47 Å². The van der Waals surface area contributed by atoms with Gasteiger partial charge in [-0.3, -0.25) is 0 Å². The molecule has 0 unspecified atom stereocenters. The summed E-state index contributed by atoms with van der Waals surface area (Å²) in [6.07, 6.45) is 1.73. The fourth-order valence-electron chi connectivity index (χ4n) is 2.31. The molecule has 0 radical (unpaired) electrons. The number of aromatic hydroxyl groups is 1. The van der Waals surface area contributed by atoms with Crippen molar-refractivity contribution >= 4 is 0 Å². The van der Waals surface area contributed by atoms with Gasteiger partial charge in [-0.05, 0) is 5.56 Å². The van der Waals surface area contributed by atoms with Gasteiger partial charge in [0.2, 0.25) is 0 Å². The van der Waals surface area contributed by atoms with Crippen LogP contribution in [0.1, 0.15) is 0 Å². The topological polar surface area (TPSA) is 67.4 Å². The van der Waals surface area contributed by atoms with Gasteiger partial charge in [-0.15, -0.1) is 0 Å². The molecular formula is C17H16N2O3. The largest absolute Gasteiger partial charge is 0.507 e. The lowest BCUT2D eigenvalue weighted by Crippen LogP contribution is -1.92. The van der Waals surface area contributed by atoms with E-state index in [1.807, 2.05) is 30.3 Å². The Hall–Kier alpha value is -2.95. The van der Waals surface area contributed by atoms with Gasteiger partial charge in [-0.1, -0.05) is 30.3 Å². The highest BCUT2D eigenvalue weighted by Gasteiger charge is 2.17. The third kappa shape index (κ3) is 2.48. The zero-order valence-electron chi connectivity index (χ0n) is 12.3. The van der Waals surface area contributed by atoms with Crippen LogP contribution in [0, 0.1) is 0 Å². The molecule has 0 saturated carbocycles. The van der Waals surface area contributed by atoms with Crippen molar-refractivity contribution in [3.63, 3.8) is 0 Å². The molecule has 2 aromatic carbocycles. The van der Waals surface area contributed by atoms with Crippen LogP contribution in [0.2, 0.25) is 0 Å². The van der Waals surface area contributed by atoms with E-state index in [0.29, 0.717) is 22.9 Å².